The maximum absolute atomic E-state index is 5.76. The zero-order valence-electron chi connectivity index (χ0n) is 47.0. The molecule has 0 amide bonds. The molecule has 0 saturated carbocycles. The van der Waals surface area contributed by atoms with Gasteiger partial charge in [-0.05, 0) is 48.5 Å². The Morgan fingerprint density at radius 2 is 0.355 bits per heavy atom. The van der Waals surface area contributed by atoms with Gasteiger partial charge in [-0.1, -0.05) is 194 Å². The SMILES string of the molecule is C[N+](C)(CCOc1ccccc1)Cc1ccccc1.C[N+](C)(CCOc1ccccc1)Cc1ccccc1.C[N+](C)(CCOc1ccccc1)Cc1ccccc1.C[N+](C)(CCOc1ccccc1)Cc1ccccc1. The van der Waals surface area contributed by atoms with Crippen molar-refractivity contribution in [2.75, 3.05) is 109 Å². The summed E-state index contributed by atoms with van der Waals surface area (Å²) < 4.78 is 26.8. The van der Waals surface area contributed by atoms with Gasteiger partial charge in [-0.15, -0.1) is 0 Å². The van der Waals surface area contributed by atoms with Crippen molar-refractivity contribution in [3.05, 3.63) is 265 Å². The van der Waals surface area contributed by atoms with Gasteiger partial charge < -0.3 is 36.9 Å². The molecule has 0 atom stereocenters. The zero-order valence-corrected chi connectivity index (χ0v) is 47.0. The normalized spacial score (nSPS) is 11.3. The van der Waals surface area contributed by atoms with Crippen LogP contribution in [0.15, 0.2) is 243 Å². The fourth-order valence-electron chi connectivity index (χ4n) is 8.34. The molecule has 0 aliphatic heterocycles. The first-order valence-corrected chi connectivity index (χ1v) is 26.8. The molecule has 0 aliphatic rings. The van der Waals surface area contributed by atoms with E-state index >= 15 is 0 Å². The van der Waals surface area contributed by atoms with Crippen molar-refractivity contribution in [2.24, 2.45) is 0 Å². The van der Waals surface area contributed by atoms with Gasteiger partial charge in [0.1, 0.15) is 102 Å². The van der Waals surface area contributed by atoms with Gasteiger partial charge in [0.2, 0.25) is 0 Å². The highest BCUT2D eigenvalue weighted by Gasteiger charge is 2.19. The average molecular weight is 1030 g/mol. The summed E-state index contributed by atoms with van der Waals surface area (Å²) in [6, 6.07) is 82.4. The number of para-hydroxylation sites is 4. The van der Waals surface area contributed by atoms with E-state index in [0.717, 1.165) is 120 Å². The fourth-order valence-corrected chi connectivity index (χ4v) is 8.34. The number of hydrogen-bond donors (Lipinski definition) is 0. The second-order valence-electron chi connectivity index (χ2n) is 21.9. The Hall–Kier alpha value is -7.20. The van der Waals surface area contributed by atoms with E-state index in [1.807, 2.05) is 121 Å². The summed E-state index contributed by atoms with van der Waals surface area (Å²) in [6.07, 6.45) is 0. The van der Waals surface area contributed by atoms with Crippen molar-refractivity contribution in [2.45, 2.75) is 26.2 Å². The van der Waals surface area contributed by atoms with Crippen LogP contribution in [0.1, 0.15) is 22.3 Å². The lowest BCUT2D eigenvalue weighted by atomic mass is 10.2. The smallest absolute Gasteiger partial charge is 0.137 e. The molecule has 0 saturated heterocycles. The van der Waals surface area contributed by atoms with Crippen molar-refractivity contribution in [3.8, 4) is 23.0 Å². The van der Waals surface area contributed by atoms with E-state index in [1.165, 1.54) is 22.3 Å². The van der Waals surface area contributed by atoms with E-state index in [-0.39, 0.29) is 0 Å². The third-order valence-electron chi connectivity index (χ3n) is 12.6. The number of rotatable bonds is 24. The van der Waals surface area contributed by atoms with Crippen LogP contribution in [0.2, 0.25) is 0 Å². The minimum Gasteiger partial charge on any atom is -0.488 e. The molecule has 76 heavy (non-hydrogen) atoms. The molecule has 0 bridgehead atoms. The Bertz CT molecular complexity index is 2300. The first kappa shape index (κ1) is 59.7. The van der Waals surface area contributed by atoms with Crippen LogP contribution in [0.3, 0.4) is 0 Å². The molecule has 8 aromatic rings. The van der Waals surface area contributed by atoms with Crippen LogP contribution in [-0.2, 0) is 26.2 Å². The monoisotopic (exact) mass is 1020 g/mol. The van der Waals surface area contributed by atoms with E-state index in [9.17, 15) is 0 Å². The van der Waals surface area contributed by atoms with Gasteiger partial charge in [-0.25, -0.2) is 0 Å². The Balaban J connectivity index is 0.000000187. The fraction of sp³-hybridized carbons (Fsp3) is 0.294. The largest absolute Gasteiger partial charge is 0.488 e. The molecule has 0 radical (unpaired) electrons. The van der Waals surface area contributed by atoms with Gasteiger partial charge in [-0.2, -0.15) is 0 Å². The van der Waals surface area contributed by atoms with Gasteiger partial charge in [0, 0.05) is 22.3 Å². The predicted octanol–water partition coefficient (Wildman–Crippen LogP) is 13.4. The second-order valence-corrected chi connectivity index (χ2v) is 21.9. The van der Waals surface area contributed by atoms with Crippen LogP contribution < -0.4 is 18.9 Å². The topological polar surface area (TPSA) is 36.9 Å². The molecule has 0 N–H and O–H groups in total. The molecule has 8 heteroatoms. The standard InChI is InChI=1S/4C17H22NO/c4*1-18(2,15-16-9-5-3-6-10-16)13-14-19-17-11-7-4-8-12-17/h4*3-12H,13-15H2,1-2H3/q4*+1. The Morgan fingerprint density at radius 1 is 0.211 bits per heavy atom. The van der Waals surface area contributed by atoms with E-state index < -0.39 is 0 Å². The van der Waals surface area contributed by atoms with Crippen molar-refractivity contribution < 1.29 is 36.9 Å². The average Bonchev–Trinajstić information content (AvgIpc) is 3.41. The first-order valence-electron chi connectivity index (χ1n) is 26.8. The van der Waals surface area contributed by atoms with E-state index in [0.29, 0.717) is 0 Å². The van der Waals surface area contributed by atoms with Crippen molar-refractivity contribution in [3.63, 3.8) is 0 Å². The van der Waals surface area contributed by atoms with Gasteiger partial charge in [0.25, 0.3) is 0 Å². The van der Waals surface area contributed by atoms with Crippen LogP contribution in [-0.4, -0.2) is 127 Å². The molecule has 0 heterocycles. The van der Waals surface area contributed by atoms with Crippen molar-refractivity contribution in [1.29, 1.82) is 0 Å². The van der Waals surface area contributed by atoms with E-state index in [1.54, 1.807) is 0 Å². The minimum atomic E-state index is 0.740. The van der Waals surface area contributed by atoms with E-state index in [4.69, 9.17) is 18.9 Å². The Morgan fingerprint density at radius 3 is 0.513 bits per heavy atom. The second kappa shape index (κ2) is 32.3. The van der Waals surface area contributed by atoms with Gasteiger partial charge in [0.15, 0.2) is 0 Å². The van der Waals surface area contributed by atoms with Crippen molar-refractivity contribution in [1.82, 2.24) is 0 Å². The summed E-state index contributed by atoms with van der Waals surface area (Å²) in [5.74, 6) is 3.79. The minimum absolute atomic E-state index is 0.740. The lowest BCUT2D eigenvalue weighted by Crippen LogP contribution is -2.41. The summed E-state index contributed by atoms with van der Waals surface area (Å²) in [6.45, 7) is 11.0. The van der Waals surface area contributed by atoms with Crippen molar-refractivity contribution >= 4 is 0 Å². The molecular formula is C68H88N4O4+4. The third-order valence-corrected chi connectivity index (χ3v) is 12.6. The number of hydrogen-bond acceptors (Lipinski definition) is 4. The number of benzene rings is 8. The molecule has 0 aromatic heterocycles. The summed E-state index contributed by atoms with van der Waals surface area (Å²) in [7, 11) is 17.9. The Kier molecular flexibility index (Phi) is 25.4. The molecule has 8 rings (SSSR count). The summed E-state index contributed by atoms with van der Waals surface area (Å²) in [5, 5.41) is 0. The molecule has 0 fully saturated rings. The Labute approximate surface area is 457 Å². The summed E-state index contributed by atoms with van der Waals surface area (Å²) in [5.41, 5.74) is 5.47. The maximum Gasteiger partial charge on any atom is 0.137 e. The number of ether oxygens (including phenoxy) is 4. The number of likely N-dealkylation sites (N-methyl/N-ethyl adjacent to an activating group) is 4. The van der Waals surface area contributed by atoms with Crippen LogP contribution in [0, 0.1) is 0 Å². The third kappa shape index (κ3) is 26.3. The molecular weight excluding hydrogens is 937 g/mol. The van der Waals surface area contributed by atoms with Crippen LogP contribution in [0.25, 0.3) is 0 Å². The lowest BCUT2D eigenvalue weighted by Gasteiger charge is -2.29. The van der Waals surface area contributed by atoms with Gasteiger partial charge in [-0.3, -0.25) is 0 Å². The first-order chi connectivity index (χ1) is 36.6. The molecule has 8 aromatic carbocycles. The van der Waals surface area contributed by atoms with Crippen LogP contribution >= 0.6 is 0 Å². The van der Waals surface area contributed by atoms with E-state index in [2.05, 4.69) is 178 Å². The summed E-state index contributed by atoms with van der Waals surface area (Å²) in [4.78, 5) is 0. The number of nitrogens with zero attached hydrogens (tertiary/aromatic N) is 4. The zero-order chi connectivity index (χ0) is 54.2. The van der Waals surface area contributed by atoms with Crippen LogP contribution in [0.5, 0.6) is 23.0 Å². The lowest BCUT2D eigenvalue weighted by molar-refractivity contribution is -0.903. The van der Waals surface area contributed by atoms with Gasteiger partial charge >= 0.3 is 0 Å². The maximum atomic E-state index is 5.76. The highest BCUT2D eigenvalue weighted by molar-refractivity contribution is 5.23. The molecule has 0 aliphatic carbocycles. The molecule has 0 spiro atoms. The van der Waals surface area contributed by atoms with Gasteiger partial charge in [0.05, 0.1) is 56.4 Å². The predicted molar refractivity (Wildman–Crippen MR) is 316 cm³/mol. The quantitative estimate of drug-likeness (QED) is 0.0565. The molecule has 8 nitrogen and oxygen atoms in total. The highest BCUT2D eigenvalue weighted by atomic mass is 16.5. The molecule has 400 valence electrons. The van der Waals surface area contributed by atoms with Crippen LogP contribution in [0.4, 0.5) is 0 Å². The molecule has 0 unspecified atom stereocenters. The summed E-state index contributed by atoms with van der Waals surface area (Å²) >= 11 is 0. The highest BCUT2D eigenvalue weighted by Crippen LogP contribution is 2.16. The number of quaternary nitrogens is 4.